The van der Waals surface area contributed by atoms with E-state index in [-0.39, 0.29) is 5.92 Å². The number of likely N-dealkylation sites (tertiary alicyclic amines) is 1. The summed E-state index contributed by atoms with van der Waals surface area (Å²) in [4.78, 5) is 4.84. The molecule has 2 fully saturated rings. The number of hydrogen-bond donors (Lipinski definition) is 1. The van der Waals surface area contributed by atoms with Gasteiger partial charge in [-0.25, -0.2) is 0 Å². The van der Waals surface area contributed by atoms with Gasteiger partial charge in [0, 0.05) is 30.6 Å². The molecule has 0 amide bonds. The molecule has 1 N–H and O–H groups in total. The Labute approximate surface area is 198 Å². The van der Waals surface area contributed by atoms with Crippen LogP contribution in [0.5, 0.6) is 5.75 Å². The fraction of sp³-hybridized carbons (Fsp3) is 0.556. The van der Waals surface area contributed by atoms with E-state index < -0.39 is 5.60 Å². The molecule has 2 aliphatic rings. The molecule has 1 heterocycles. The normalized spacial score (nSPS) is 22.2. The minimum absolute atomic E-state index is 0.0202. The maximum atomic E-state index is 11.9. The van der Waals surface area contributed by atoms with Crippen LogP contribution in [0.25, 0.3) is 0 Å². The van der Waals surface area contributed by atoms with Crippen LogP contribution in [0.1, 0.15) is 55.6 Å². The third-order valence-corrected chi connectivity index (χ3v) is 7.68. The first-order valence-corrected chi connectivity index (χ1v) is 12.4. The highest BCUT2D eigenvalue weighted by atomic mass is 35.5. The van der Waals surface area contributed by atoms with E-state index in [0.29, 0.717) is 17.7 Å². The lowest BCUT2D eigenvalue weighted by atomic mass is 9.72. The SMILES string of the molecule is CN(C)[C@H]1CCN(CC(c2cccc(Cl)c2OCc2ccccc2)C2(O)CCCCC2)C1. The van der Waals surface area contributed by atoms with Gasteiger partial charge in [0.25, 0.3) is 0 Å². The molecule has 32 heavy (non-hydrogen) atoms. The molecule has 4 nitrogen and oxygen atoms in total. The monoisotopic (exact) mass is 456 g/mol. The van der Waals surface area contributed by atoms with Gasteiger partial charge in [-0.1, -0.05) is 73.3 Å². The highest BCUT2D eigenvalue weighted by molar-refractivity contribution is 6.32. The number of rotatable bonds is 8. The number of likely N-dealkylation sites (N-methyl/N-ethyl adjacent to an activating group) is 1. The molecule has 0 radical (unpaired) electrons. The molecule has 1 aliphatic heterocycles. The molecule has 2 aromatic carbocycles. The van der Waals surface area contributed by atoms with E-state index in [9.17, 15) is 5.11 Å². The van der Waals surface area contributed by atoms with Crippen LogP contribution in [0.3, 0.4) is 0 Å². The topological polar surface area (TPSA) is 35.9 Å². The maximum absolute atomic E-state index is 11.9. The minimum atomic E-state index is -0.718. The number of para-hydroxylation sites is 1. The summed E-state index contributed by atoms with van der Waals surface area (Å²) in [5.41, 5.74) is 1.44. The van der Waals surface area contributed by atoms with E-state index in [0.717, 1.165) is 62.2 Å². The zero-order valence-electron chi connectivity index (χ0n) is 19.5. The highest BCUT2D eigenvalue weighted by Gasteiger charge is 2.42. The summed E-state index contributed by atoms with van der Waals surface area (Å²) in [6.07, 6.45) is 6.21. The van der Waals surface area contributed by atoms with E-state index in [1.165, 1.54) is 12.8 Å². The lowest BCUT2D eigenvalue weighted by Gasteiger charge is -2.42. The zero-order chi connectivity index (χ0) is 22.6. The predicted octanol–water partition coefficient (Wildman–Crippen LogP) is 5.33. The molecule has 0 spiro atoms. The summed E-state index contributed by atoms with van der Waals surface area (Å²) in [6.45, 7) is 3.41. The Morgan fingerprint density at radius 3 is 2.53 bits per heavy atom. The first-order valence-electron chi connectivity index (χ1n) is 12.0. The molecule has 1 unspecified atom stereocenters. The Morgan fingerprint density at radius 2 is 1.84 bits per heavy atom. The van der Waals surface area contributed by atoms with Crippen molar-refractivity contribution in [1.82, 2.24) is 9.80 Å². The van der Waals surface area contributed by atoms with Crippen molar-refractivity contribution < 1.29 is 9.84 Å². The molecular formula is C27H37ClN2O2. The standard InChI is InChI=1S/C27H37ClN2O2/c1-29(2)22-14-17-30(18-22)19-24(27(31)15-7-4-8-16-27)23-12-9-13-25(28)26(23)32-20-21-10-5-3-6-11-21/h3,5-6,9-13,22,24,31H,4,7-8,14-20H2,1-2H3/t22-,24?/m0/s1. The number of aliphatic hydroxyl groups is 1. The summed E-state index contributed by atoms with van der Waals surface area (Å²) in [6, 6.07) is 16.8. The molecular weight excluding hydrogens is 420 g/mol. The first kappa shape index (κ1) is 23.6. The van der Waals surface area contributed by atoms with Gasteiger partial charge in [0.2, 0.25) is 0 Å². The van der Waals surface area contributed by atoms with Crippen molar-refractivity contribution in [2.75, 3.05) is 33.7 Å². The Bertz CT molecular complexity index is 867. The van der Waals surface area contributed by atoms with Crippen molar-refractivity contribution in [3.05, 3.63) is 64.7 Å². The third kappa shape index (κ3) is 5.48. The summed E-state index contributed by atoms with van der Waals surface area (Å²) in [7, 11) is 4.32. The summed E-state index contributed by atoms with van der Waals surface area (Å²) in [5, 5.41) is 12.5. The van der Waals surface area contributed by atoms with Gasteiger partial charge in [-0.05, 0) is 51.5 Å². The maximum Gasteiger partial charge on any atom is 0.142 e. The van der Waals surface area contributed by atoms with Crippen LogP contribution >= 0.6 is 11.6 Å². The molecule has 2 aromatic rings. The van der Waals surface area contributed by atoms with Crippen LogP contribution in [0, 0.1) is 0 Å². The Morgan fingerprint density at radius 1 is 1.09 bits per heavy atom. The smallest absolute Gasteiger partial charge is 0.142 e. The van der Waals surface area contributed by atoms with Crippen LogP contribution < -0.4 is 4.74 Å². The van der Waals surface area contributed by atoms with Crippen molar-refractivity contribution in [2.45, 2.75) is 62.7 Å². The van der Waals surface area contributed by atoms with Crippen molar-refractivity contribution >= 4 is 11.6 Å². The molecule has 0 bridgehead atoms. The number of nitrogens with zero attached hydrogens (tertiary/aromatic N) is 2. The summed E-state index contributed by atoms with van der Waals surface area (Å²) < 4.78 is 6.32. The second-order valence-corrected chi connectivity index (χ2v) is 10.2. The molecule has 4 rings (SSSR count). The van der Waals surface area contributed by atoms with Crippen LogP contribution in [0.4, 0.5) is 0 Å². The van der Waals surface area contributed by atoms with Gasteiger partial charge in [0.05, 0.1) is 10.6 Å². The molecule has 1 saturated heterocycles. The average molecular weight is 457 g/mol. The van der Waals surface area contributed by atoms with Crippen LogP contribution in [0.2, 0.25) is 5.02 Å². The fourth-order valence-corrected chi connectivity index (χ4v) is 5.65. The van der Waals surface area contributed by atoms with Crippen LogP contribution in [-0.4, -0.2) is 60.3 Å². The fourth-order valence-electron chi connectivity index (χ4n) is 5.41. The minimum Gasteiger partial charge on any atom is -0.487 e. The quantitative estimate of drug-likeness (QED) is 0.582. The molecule has 2 atom stereocenters. The first-order chi connectivity index (χ1) is 15.5. The Kier molecular flexibility index (Phi) is 7.78. The number of halogens is 1. The number of benzene rings is 2. The molecule has 1 saturated carbocycles. The van der Waals surface area contributed by atoms with Gasteiger partial charge in [-0.2, -0.15) is 0 Å². The number of ether oxygens (including phenoxy) is 1. The van der Waals surface area contributed by atoms with Crippen molar-refractivity contribution in [2.24, 2.45) is 0 Å². The number of hydrogen-bond acceptors (Lipinski definition) is 4. The molecule has 0 aromatic heterocycles. The second-order valence-electron chi connectivity index (χ2n) is 9.81. The molecule has 1 aliphatic carbocycles. The lowest BCUT2D eigenvalue weighted by Crippen LogP contribution is -2.44. The van der Waals surface area contributed by atoms with Gasteiger partial charge in [0.1, 0.15) is 12.4 Å². The van der Waals surface area contributed by atoms with Gasteiger partial charge in [-0.3, -0.25) is 0 Å². The van der Waals surface area contributed by atoms with Crippen LogP contribution in [0.15, 0.2) is 48.5 Å². The van der Waals surface area contributed by atoms with E-state index in [2.05, 4.69) is 42.1 Å². The van der Waals surface area contributed by atoms with Gasteiger partial charge in [0.15, 0.2) is 0 Å². The lowest BCUT2D eigenvalue weighted by molar-refractivity contribution is -0.0303. The van der Waals surface area contributed by atoms with Gasteiger partial charge < -0.3 is 19.6 Å². The molecule has 174 valence electrons. The van der Waals surface area contributed by atoms with Crippen molar-refractivity contribution in [1.29, 1.82) is 0 Å². The van der Waals surface area contributed by atoms with Gasteiger partial charge >= 0.3 is 0 Å². The van der Waals surface area contributed by atoms with Crippen molar-refractivity contribution in [3.63, 3.8) is 0 Å². The van der Waals surface area contributed by atoms with E-state index in [1.807, 2.05) is 30.3 Å². The van der Waals surface area contributed by atoms with Crippen LogP contribution in [-0.2, 0) is 6.61 Å². The predicted molar refractivity (Wildman–Crippen MR) is 132 cm³/mol. The second kappa shape index (κ2) is 10.6. The molecule has 5 heteroatoms. The average Bonchev–Trinajstić information content (AvgIpc) is 3.27. The van der Waals surface area contributed by atoms with E-state index >= 15 is 0 Å². The Hall–Kier alpha value is -1.59. The Balaban J connectivity index is 1.62. The zero-order valence-corrected chi connectivity index (χ0v) is 20.2. The van der Waals surface area contributed by atoms with Gasteiger partial charge in [-0.15, -0.1) is 0 Å². The highest BCUT2D eigenvalue weighted by Crippen LogP contribution is 2.45. The summed E-state index contributed by atoms with van der Waals surface area (Å²) in [5.74, 6) is 0.707. The third-order valence-electron chi connectivity index (χ3n) is 7.39. The summed E-state index contributed by atoms with van der Waals surface area (Å²) >= 11 is 6.68. The largest absolute Gasteiger partial charge is 0.487 e. The van der Waals surface area contributed by atoms with E-state index in [1.54, 1.807) is 0 Å². The van der Waals surface area contributed by atoms with Crippen molar-refractivity contribution in [3.8, 4) is 5.75 Å². The van der Waals surface area contributed by atoms with E-state index in [4.69, 9.17) is 16.3 Å².